The van der Waals surface area contributed by atoms with E-state index in [2.05, 4.69) is 0 Å². The van der Waals surface area contributed by atoms with Gasteiger partial charge in [-0.3, -0.25) is 0 Å². The van der Waals surface area contributed by atoms with E-state index in [0.29, 0.717) is 21.9 Å². The van der Waals surface area contributed by atoms with Crippen LogP contribution in [0.25, 0.3) is 18.2 Å². The molecule has 0 fully saturated rings. The van der Waals surface area contributed by atoms with Gasteiger partial charge in [0.25, 0.3) is 0 Å². The van der Waals surface area contributed by atoms with Gasteiger partial charge >= 0.3 is 12.8 Å². The first-order valence-electron chi connectivity index (χ1n) is 6.25. The number of hydrogen-bond donors (Lipinski definition) is 0. The van der Waals surface area contributed by atoms with E-state index < -0.39 is 23.2 Å². The van der Waals surface area contributed by atoms with Crippen LogP contribution < -0.4 is 9.06 Å². The number of fused-ring (bicyclic) bond motifs is 3. The quantitative estimate of drug-likeness (QED) is 0.375. The topological polar surface area (TPSA) is 0 Å². The van der Waals surface area contributed by atoms with Gasteiger partial charge in [-0.05, 0) is 25.0 Å². The van der Waals surface area contributed by atoms with Crippen molar-refractivity contribution in [3.8, 4) is 0 Å². The van der Waals surface area contributed by atoms with Gasteiger partial charge in [-0.25, -0.2) is 0 Å². The smallest absolute Gasteiger partial charge is 0.418 e. The van der Waals surface area contributed by atoms with Crippen LogP contribution in [-0.2, 0) is 11.9 Å². The molecule has 120 valence electrons. The second-order valence-electron chi connectivity index (χ2n) is 4.51. The Kier molecular flexibility index (Phi) is 4.55. The fourth-order valence-corrected chi connectivity index (χ4v) is 4.40. The monoisotopic (exact) mass is 342 g/mol. The van der Waals surface area contributed by atoms with E-state index >= 15 is 0 Å². The van der Waals surface area contributed by atoms with Gasteiger partial charge in [-0.15, -0.1) is 13.2 Å². The highest BCUT2D eigenvalue weighted by Crippen LogP contribution is 2.38. The van der Waals surface area contributed by atoms with Gasteiger partial charge in [-0.2, -0.15) is 0 Å². The first-order chi connectivity index (χ1) is 10.1. The summed E-state index contributed by atoms with van der Waals surface area (Å²) < 4.78 is 79.4. The van der Waals surface area contributed by atoms with Gasteiger partial charge in [0.05, 0.1) is 0 Å². The first kappa shape index (κ1) is 16.9. The third-order valence-corrected chi connectivity index (χ3v) is 5.10. The zero-order valence-electron chi connectivity index (χ0n) is 11.0. The molecule has 1 heterocycles. The lowest BCUT2D eigenvalue weighted by Gasteiger charge is -1.97. The summed E-state index contributed by atoms with van der Waals surface area (Å²) >= 11 is 0. The predicted molar refractivity (Wildman–Crippen MR) is 75.1 cm³/mol. The summed E-state index contributed by atoms with van der Waals surface area (Å²) in [6.45, 7) is 0. The van der Waals surface area contributed by atoms with Crippen molar-refractivity contribution in [2.24, 2.45) is 0 Å². The second kappa shape index (κ2) is 5.94. The summed E-state index contributed by atoms with van der Waals surface area (Å²) in [4.78, 5) is 0. The minimum atomic E-state index is -6.00. The summed E-state index contributed by atoms with van der Waals surface area (Å²) in [6, 6.07) is 0. The maximum Gasteiger partial charge on any atom is 0.673 e. The van der Waals surface area contributed by atoms with E-state index in [0.717, 1.165) is 11.1 Å². The fraction of sp³-hybridized carbons (Fsp3) is 0.231. The maximum atomic E-state index is 13.2. The SMILES string of the molecule is FC(F)(F)[s+]1c2c(c3c1=CC=CC3)C=CCC=2.F[B-](F)(F)F. The second-order valence-corrected chi connectivity index (χ2v) is 6.46. The van der Waals surface area contributed by atoms with Crippen LogP contribution in [-0.4, -0.2) is 7.25 Å². The van der Waals surface area contributed by atoms with E-state index in [-0.39, 0.29) is 0 Å². The van der Waals surface area contributed by atoms with Crippen LogP contribution in [0.15, 0.2) is 18.2 Å². The van der Waals surface area contributed by atoms with Gasteiger partial charge in [0.1, 0.15) is 10.5 Å². The Balaban J connectivity index is 0.000000309. The van der Waals surface area contributed by atoms with Crippen LogP contribution in [0.1, 0.15) is 17.5 Å². The molecule has 0 saturated carbocycles. The van der Waals surface area contributed by atoms with Crippen LogP contribution in [0.3, 0.4) is 0 Å². The Bertz CT molecular complexity index is 728. The first-order valence-corrected chi connectivity index (χ1v) is 7.47. The molecule has 0 radical (unpaired) electrons. The molecular formula is C13H10BF7S. The van der Waals surface area contributed by atoms with E-state index in [1.165, 1.54) is 0 Å². The minimum absolute atomic E-state index is 0.466. The Labute approximate surface area is 124 Å². The lowest BCUT2D eigenvalue weighted by atomic mass is 10.0. The third kappa shape index (κ3) is 3.82. The number of thiophene rings is 1. The van der Waals surface area contributed by atoms with Crippen molar-refractivity contribution in [2.45, 2.75) is 18.3 Å². The van der Waals surface area contributed by atoms with Crippen LogP contribution in [0.2, 0.25) is 0 Å². The average molecular weight is 342 g/mol. The number of alkyl halides is 3. The Morgan fingerprint density at radius 3 is 2.23 bits per heavy atom. The lowest BCUT2D eigenvalue weighted by molar-refractivity contribution is -0.0873. The largest absolute Gasteiger partial charge is 0.673 e. The molecule has 2 aliphatic carbocycles. The molecule has 0 amide bonds. The molecule has 0 aromatic carbocycles. The van der Waals surface area contributed by atoms with Crippen molar-refractivity contribution in [3.63, 3.8) is 0 Å². The number of rotatable bonds is 0. The molecule has 0 spiro atoms. The van der Waals surface area contributed by atoms with E-state index in [4.69, 9.17) is 0 Å². The lowest BCUT2D eigenvalue weighted by Crippen LogP contribution is -2.16. The molecule has 0 saturated heterocycles. The molecule has 3 rings (SSSR count). The number of hydrogen-bond acceptors (Lipinski definition) is 0. The molecule has 9 heteroatoms. The molecule has 0 nitrogen and oxygen atoms in total. The zero-order chi connectivity index (χ0) is 16.5. The summed E-state index contributed by atoms with van der Waals surface area (Å²) in [5, 5.41) is 0. The van der Waals surface area contributed by atoms with E-state index in [1.807, 2.05) is 18.2 Å². The normalized spacial score (nSPS) is 16.8. The van der Waals surface area contributed by atoms with Gasteiger partial charge < -0.3 is 17.3 Å². The third-order valence-electron chi connectivity index (χ3n) is 2.99. The molecule has 0 bridgehead atoms. The standard InChI is InChI=1S/C13H10F3S.BF4/c14-13(15,16)17-11-7-3-1-5-9(11)10-6-2-4-8-12(10)17;2-1(3,4)5/h1-3,6-8H,4-5H2;/q+1;-1. The summed E-state index contributed by atoms with van der Waals surface area (Å²) in [5.74, 6) is 0. The van der Waals surface area contributed by atoms with Gasteiger partial charge in [-0.1, -0.05) is 24.3 Å². The average Bonchev–Trinajstić information content (AvgIpc) is 2.71. The Morgan fingerprint density at radius 2 is 1.64 bits per heavy atom. The van der Waals surface area contributed by atoms with Crippen molar-refractivity contribution in [1.82, 2.24) is 0 Å². The van der Waals surface area contributed by atoms with E-state index in [1.54, 1.807) is 18.2 Å². The minimum Gasteiger partial charge on any atom is -0.418 e. The molecule has 1 aromatic heterocycles. The van der Waals surface area contributed by atoms with Crippen LogP contribution in [0.4, 0.5) is 30.4 Å². The highest BCUT2D eigenvalue weighted by Gasteiger charge is 2.47. The molecular weight excluding hydrogens is 332 g/mol. The molecule has 2 aliphatic rings. The van der Waals surface area contributed by atoms with E-state index in [9.17, 15) is 30.4 Å². The molecule has 0 aliphatic heterocycles. The highest BCUT2D eigenvalue weighted by molar-refractivity contribution is 7.29. The highest BCUT2D eigenvalue weighted by atomic mass is 32.2. The summed E-state index contributed by atoms with van der Waals surface area (Å²) in [5.41, 5.74) is -2.51. The summed E-state index contributed by atoms with van der Waals surface area (Å²) in [7, 11) is -7.73. The predicted octanol–water partition coefficient (Wildman–Crippen LogP) is 4.30. The zero-order valence-corrected chi connectivity index (χ0v) is 11.8. The molecule has 1 aromatic rings. The maximum absolute atomic E-state index is 13.2. The van der Waals surface area contributed by atoms with Crippen molar-refractivity contribution < 1.29 is 30.4 Å². The Morgan fingerprint density at radius 1 is 1.00 bits per heavy atom. The van der Waals surface area contributed by atoms with Crippen molar-refractivity contribution >= 4 is 36.0 Å². The fourth-order valence-electron chi connectivity index (χ4n) is 2.34. The van der Waals surface area contributed by atoms with Gasteiger partial charge in [0.15, 0.2) is 9.06 Å². The van der Waals surface area contributed by atoms with Gasteiger partial charge in [0, 0.05) is 11.1 Å². The molecule has 1 atom stereocenters. The van der Waals surface area contributed by atoms with Gasteiger partial charge in [0.2, 0.25) is 0 Å². The van der Waals surface area contributed by atoms with Crippen molar-refractivity contribution in [1.29, 1.82) is 0 Å². The number of halogens is 7. The van der Waals surface area contributed by atoms with Crippen molar-refractivity contribution in [3.05, 3.63) is 38.4 Å². The molecule has 1 unspecified atom stereocenters. The van der Waals surface area contributed by atoms with Crippen LogP contribution >= 0.6 is 10.5 Å². The van der Waals surface area contributed by atoms with Crippen molar-refractivity contribution in [2.75, 3.05) is 0 Å². The van der Waals surface area contributed by atoms with Crippen LogP contribution in [0.5, 0.6) is 0 Å². The molecule has 22 heavy (non-hydrogen) atoms. The number of allylic oxidation sites excluding steroid dienone is 3. The Hall–Kier alpha value is -1.51. The summed E-state index contributed by atoms with van der Waals surface area (Å²) in [6.07, 6.45) is 12.0. The van der Waals surface area contributed by atoms with Crippen LogP contribution in [0, 0.1) is 0 Å². The molecule has 0 N–H and O–H groups in total.